The molecule has 3 rings (SSSR count). The third kappa shape index (κ3) is 4.55. The molecule has 1 atom stereocenters. The highest BCUT2D eigenvalue weighted by Crippen LogP contribution is 2.45. The van der Waals surface area contributed by atoms with Crippen LogP contribution in [0.2, 0.25) is 0 Å². The van der Waals surface area contributed by atoms with E-state index < -0.39 is 5.92 Å². The van der Waals surface area contributed by atoms with E-state index in [9.17, 15) is 9.59 Å². The Hall–Kier alpha value is -2.56. The number of para-hydroxylation sites is 1. The second kappa shape index (κ2) is 9.29. The van der Waals surface area contributed by atoms with Crippen molar-refractivity contribution in [2.24, 2.45) is 0 Å². The summed E-state index contributed by atoms with van der Waals surface area (Å²) in [5.74, 6) is -0.0402. The lowest BCUT2D eigenvalue weighted by molar-refractivity contribution is -0.139. The summed E-state index contributed by atoms with van der Waals surface area (Å²) < 4.78 is 11.6. The van der Waals surface area contributed by atoms with Gasteiger partial charge in [-0.2, -0.15) is 0 Å². The molecule has 2 aliphatic rings. The normalized spacial score (nSPS) is 19.2. The minimum atomic E-state index is -0.469. The molecule has 1 aliphatic heterocycles. The molecule has 0 bridgehead atoms. The van der Waals surface area contributed by atoms with Gasteiger partial charge >= 0.3 is 5.97 Å². The Morgan fingerprint density at radius 2 is 2.00 bits per heavy atom. The maximum absolute atomic E-state index is 13.1. The van der Waals surface area contributed by atoms with Crippen molar-refractivity contribution in [2.45, 2.75) is 71.8 Å². The minimum Gasteiger partial charge on any atom is -0.491 e. The van der Waals surface area contributed by atoms with Gasteiger partial charge in [-0.25, -0.2) is 4.79 Å². The zero-order valence-electron chi connectivity index (χ0n) is 17.8. The van der Waals surface area contributed by atoms with Crippen LogP contribution in [0.4, 0.5) is 0 Å². The van der Waals surface area contributed by atoms with Crippen molar-refractivity contribution in [3.63, 3.8) is 0 Å². The smallest absolute Gasteiger partial charge is 0.336 e. The van der Waals surface area contributed by atoms with E-state index in [1.165, 1.54) is 0 Å². The van der Waals surface area contributed by atoms with Crippen LogP contribution in [-0.4, -0.2) is 24.5 Å². The summed E-state index contributed by atoms with van der Waals surface area (Å²) in [5, 5.41) is 3.33. The Morgan fingerprint density at radius 3 is 2.72 bits per heavy atom. The van der Waals surface area contributed by atoms with Crippen molar-refractivity contribution >= 4 is 11.8 Å². The number of hydrogen-bond donors (Lipinski definition) is 1. The van der Waals surface area contributed by atoms with Gasteiger partial charge in [0, 0.05) is 29.0 Å². The number of carbonyl (C=O) groups is 2. The van der Waals surface area contributed by atoms with Crippen LogP contribution in [0.1, 0.15) is 71.3 Å². The van der Waals surface area contributed by atoms with Gasteiger partial charge in [-0.3, -0.25) is 4.79 Å². The van der Waals surface area contributed by atoms with Crippen molar-refractivity contribution in [2.75, 3.05) is 6.61 Å². The molecular formula is C24H31NO4. The maximum atomic E-state index is 13.1. The number of Topliss-reactive ketones (excluding diaryl/α,β-unsaturated/α-hetero) is 1. The average Bonchev–Trinajstić information content (AvgIpc) is 2.67. The second-order valence-corrected chi connectivity index (χ2v) is 7.96. The van der Waals surface area contributed by atoms with Crippen LogP contribution in [0, 0.1) is 0 Å². The molecule has 0 radical (unpaired) electrons. The molecule has 5 nitrogen and oxygen atoms in total. The highest BCUT2D eigenvalue weighted by Gasteiger charge is 2.40. The Balaban J connectivity index is 2.11. The lowest BCUT2D eigenvalue weighted by Gasteiger charge is -2.35. The molecule has 1 aromatic rings. The summed E-state index contributed by atoms with van der Waals surface area (Å²) in [4.78, 5) is 26.1. The van der Waals surface area contributed by atoms with Gasteiger partial charge in [-0.05, 0) is 46.1 Å². The monoisotopic (exact) mass is 397 g/mol. The summed E-state index contributed by atoms with van der Waals surface area (Å²) in [7, 11) is 0. The minimum absolute atomic E-state index is 0.0154. The highest BCUT2D eigenvalue weighted by atomic mass is 16.5. The number of carbonyl (C=O) groups excluding carboxylic acids is 2. The van der Waals surface area contributed by atoms with Gasteiger partial charge in [-0.1, -0.05) is 31.5 Å². The van der Waals surface area contributed by atoms with E-state index in [0.29, 0.717) is 29.9 Å². The number of unbranched alkanes of at least 4 members (excludes halogenated alkanes) is 1. The third-order valence-corrected chi connectivity index (χ3v) is 5.32. The Kier molecular flexibility index (Phi) is 6.78. The van der Waals surface area contributed by atoms with Crippen molar-refractivity contribution < 1.29 is 19.1 Å². The zero-order valence-corrected chi connectivity index (χ0v) is 17.8. The number of rotatable bonds is 7. The Bertz CT molecular complexity index is 850. The predicted molar refractivity (Wildman–Crippen MR) is 113 cm³/mol. The number of nitrogens with one attached hydrogen (secondary N) is 1. The van der Waals surface area contributed by atoms with Gasteiger partial charge in [0.25, 0.3) is 0 Å². The largest absolute Gasteiger partial charge is 0.491 e. The fourth-order valence-corrected chi connectivity index (χ4v) is 4.03. The molecule has 5 heteroatoms. The van der Waals surface area contributed by atoms with E-state index in [4.69, 9.17) is 9.47 Å². The van der Waals surface area contributed by atoms with Gasteiger partial charge in [0.15, 0.2) is 5.78 Å². The number of allylic oxidation sites excluding steroid dienone is 3. The molecule has 0 saturated heterocycles. The van der Waals surface area contributed by atoms with Gasteiger partial charge in [0.05, 0.1) is 24.2 Å². The van der Waals surface area contributed by atoms with Gasteiger partial charge < -0.3 is 14.8 Å². The first-order chi connectivity index (χ1) is 13.9. The Morgan fingerprint density at radius 1 is 1.24 bits per heavy atom. The van der Waals surface area contributed by atoms with Crippen LogP contribution in [0.3, 0.4) is 0 Å². The zero-order chi connectivity index (χ0) is 21.0. The number of ether oxygens (including phenoxy) is 2. The molecule has 0 spiro atoms. The number of ketones is 1. The molecule has 1 heterocycles. The molecule has 156 valence electrons. The summed E-state index contributed by atoms with van der Waals surface area (Å²) in [5.41, 5.74) is 3.71. The lowest BCUT2D eigenvalue weighted by Crippen LogP contribution is -2.34. The fourth-order valence-electron chi connectivity index (χ4n) is 4.03. The molecule has 1 unspecified atom stereocenters. The van der Waals surface area contributed by atoms with E-state index >= 15 is 0 Å². The third-order valence-electron chi connectivity index (χ3n) is 5.32. The number of dihydropyridines is 1. The van der Waals surface area contributed by atoms with Crippen LogP contribution >= 0.6 is 0 Å². The summed E-state index contributed by atoms with van der Waals surface area (Å²) in [6.45, 7) is 8.26. The van der Waals surface area contributed by atoms with Crippen molar-refractivity contribution in [3.05, 3.63) is 52.4 Å². The fraction of sp³-hybridized carbons (Fsp3) is 0.500. The number of benzene rings is 1. The molecule has 0 aromatic heterocycles. The average molecular weight is 398 g/mol. The van der Waals surface area contributed by atoms with Crippen molar-refractivity contribution in [1.82, 2.24) is 5.32 Å². The first kappa shape index (κ1) is 21.2. The van der Waals surface area contributed by atoms with Gasteiger partial charge in [0.1, 0.15) is 5.75 Å². The van der Waals surface area contributed by atoms with Crippen LogP contribution in [0.25, 0.3) is 0 Å². The quantitative estimate of drug-likeness (QED) is 0.530. The molecule has 1 aromatic carbocycles. The standard InChI is InChI=1S/C24H31NO4/c1-5-6-14-28-24(27)21-16(4)25-18-11-9-12-19(26)23(18)22(21)17-10-7-8-13-20(17)29-15(2)3/h7-8,10,13,15,22,25H,5-6,9,11-12,14H2,1-4H3. The Labute approximate surface area is 173 Å². The SMILES string of the molecule is CCCCOC(=O)C1=C(C)NC2=C(C(=O)CCC2)C1c1ccccc1OC(C)C. The van der Waals surface area contributed by atoms with Crippen LogP contribution in [0.15, 0.2) is 46.8 Å². The van der Waals surface area contributed by atoms with Gasteiger partial charge in [-0.15, -0.1) is 0 Å². The van der Waals surface area contributed by atoms with Crippen LogP contribution in [0.5, 0.6) is 5.75 Å². The van der Waals surface area contributed by atoms with E-state index in [2.05, 4.69) is 12.2 Å². The molecule has 0 fully saturated rings. The summed E-state index contributed by atoms with van der Waals surface area (Å²) in [6.07, 6.45) is 3.88. The molecule has 1 N–H and O–H groups in total. The molecular weight excluding hydrogens is 366 g/mol. The number of hydrogen-bond acceptors (Lipinski definition) is 5. The summed E-state index contributed by atoms with van der Waals surface area (Å²) >= 11 is 0. The first-order valence-corrected chi connectivity index (χ1v) is 10.6. The molecule has 0 amide bonds. The predicted octanol–water partition coefficient (Wildman–Crippen LogP) is 4.79. The lowest BCUT2D eigenvalue weighted by atomic mass is 9.75. The van der Waals surface area contributed by atoms with Crippen LogP contribution < -0.4 is 10.1 Å². The molecule has 0 saturated carbocycles. The first-order valence-electron chi connectivity index (χ1n) is 10.6. The van der Waals surface area contributed by atoms with E-state index in [1.54, 1.807) is 0 Å². The van der Waals surface area contributed by atoms with E-state index in [-0.39, 0.29) is 17.9 Å². The summed E-state index contributed by atoms with van der Waals surface area (Å²) in [6, 6.07) is 7.69. The number of esters is 1. The van der Waals surface area contributed by atoms with Crippen LogP contribution in [-0.2, 0) is 14.3 Å². The van der Waals surface area contributed by atoms with Crippen molar-refractivity contribution in [3.8, 4) is 5.75 Å². The molecule has 1 aliphatic carbocycles. The van der Waals surface area contributed by atoms with E-state index in [0.717, 1.165) is 42.6 Å². The van der Waals surface area contributed by atoms with E-state index in [1.807, 2.05) is 45.0 Å². The molecule has 29 heavy (non-hydrogen) atoms. The maximum Gasteiger partial charge on any atom is 0.336 e. The van der Waals surface area contributed by atoms with Gasteiger partial charge in [0.2, 0.25) is 0 Å². The highest BCUT2D eigenvalue weighted by molar-refractivity contribution is 6.04. The van der Waals surface area contributed by atoms with Crippen molar-refractivity contribution in [1.29, 1.82) is 0 Å². The second-order valence-electron chi connectivity index (χ2n) is 7.96. The topological polar surface area (TPSA) is 64.6 Å².